The van der Waals surface area contributed by atoms with Gasteiger partial charge in [-0.15, -0.1) is 0 Å². The molecule has 24 heavy (non-hydrogen) atoms. The summed E-state index contributed by atoms with van der Waals surface area (Å²) in [5, 5.41) is 11.9. The Kier molecular flexibility index (Phi) is 6.73. The number of amides is 1. The molecule has 6 nitrogen and oxygen atoms in total. The standard InChI is InChI=1S/C17H18NO5P/c19-16(20)15(23-24)14(13-9-5-2-6-10-13)18-17(21)22-11-12-7-3-1-4-8-12/h1-10,14-15H,11,24H2,(H,18,21)(H,19,20). The summed E-state index contributed by atoms with van der Waals surface area (Å²) in [6.07, 6.45) is -1.98. The first kappa shape index (κ1) is 17.9. The van der Waals surface area contributed by atoms with Gasteiger partial charge in [0.05, 0.1) is 6.04 Å². The zero-order valence-electron chi connectivity index (χ0n) is 12.8. The van der Waals surface area contributed by atoms with Crippen LogP contribution in [-0.4, -0.2) is 23.3 Å². The Labute approximate surface area is 142 Å². The van der Waals surface area contributed by atoms with E-state index in [1.54, 1.807) is 30.3 Å². The number of benzene rings is 2. The fourth-order valence-corrected chi connectivity index (χ4v) is 2.44. The van der Waals surface area contributed by atoms with Crippen LogP contribution in [-0.2, 0) is 20.7 Å². The molecule has 2 aromatic rings. The van der Waals surface area contributed by atoms with Crippen molar-refractivity contribution in [2.45, 2.75) is 18.8 Å². The zero-order valence-corrected chi connectivity index (χ0v) is 13.9. The van der Waals surface area contributed by atoms with Crippen LogP contribution in [0.25, 0.3) is 0 Å². The SMILES string of the molecule is O=C(NC(c1ccccc1)C(OP)C(=O)O)OCc1ccccc1. The number of ether oxygens (including phenoxy) is 1. The maximum absolute atomic E-state index is 12.1. The van der Waals surface area contributed by atoms with Gasteiger partial charge in [-0.3, -0.25) is 0 Å². The summed E-state index contributed by atoms with van der Waals surface area (Å²) in [6, 6.07) is 17.0. The molecule has 0 aliphatic heterocycles. The van der Waals surface area contributed by atoms with Crippen LogP contribution in [0.4, 0.5) is 4.79 Å². The van der Waals surface area contributed by atoms with E-state index < -0.39 is 24.2 Å². The lowest BCUT2D eigenvalue weighted by atomic mass is 10.0. The lowest BCUT2D eigenvalue weighted by Crippen LogP contribution is -2.40. The molecule has 2 N–H and O–H groups in total. The number of aliphatic carboxylic acids is 1. The second-order valence-corrected chi connectivity index (χ2v) is 5.26. The van der Waals surface area contributed by atoms with E-state index in [4.69, 9.17) is 9.26 Å². The van der Waals surface area contributed by atoms with Gasteiger partial charge in [-0.25, -0.2) is 9.59 Å². The van der Waals surface area contributed by atoms with E-state index in [1.165, 1.54) is 0 Å². The van der Waals surface area contributed by atoms with Crippen LogP contribution in [0.5, 0.6) is 0 Å². The van der Waals surface area contributed by atoms with E-state index >= 15 is 0 Å². The molecule has 0 aliphatic rings. The summed E-state index contributed by atoms with van der Waals surface area (Å²) in [6.45, 7) is 0.0909. The van der Waals surface area contributed by atoms with Crippen molar-refractivity contribution in [2.75, 3.05) is 0 Å². The summed E-state index contributed by atoms with van der Waals surface area (Å²) < 4.78 is 10.1. The maximum Gasteiger partial charge on any atom is 0.408 e. The summed E-state index contributed by atoms with van der Waals surface area (Å²) in [5.41, 5.74) is 1.44. The number of alkyl carbamates (subject to hydrolysis) is 1. The summed E-state index contributed by atoms with van der Waals surface area (Å²) in [5.74, 6) is -1.19. The summed E-state index contributed by atoms with van der Waals surface area (Å²) >= 11 is 0. The van der Waals surface area contributed by atoms with Gasteiger partial charge >= 0.3 is 12.1 Å². The molecule has 0 aromatic heterocycles. The zero-order chi connectivity index (χ0) is 17.4. The molecule has 2 aromatic carbocycles. The average molecular weight is 347 g/mol. The van der Waals surface area contributed by atoms with E-state index in [1.807, 2.05) is 39.8 Å². The Morgan fingerprint density at radius 3 is 2.17 bits per heavy atom. The van der Waals surface area contributed by atoms with Crippen LogP contribution >= 0.6 is 9.47 Å². The Balaban J connectivity index is 2.07. The van der Waals surface area contributed by atoms with E-state index in [9.17, 15) is 14.7 Å². The Morgan fingerprint density at radius 2 is 1.62 bits per heavy atom. The predicted octanol–water partition coefficient (Wildman–Crippen LogP) is 2.91. The highest BCUT2D eigenvalue weighted by Gasteiger charge is 2.31. The predicted molar refractivity (Wildman–Crippen MR) is 91.2 cm³/mol. The minimum atomic E-state index is -1.26. The highest BCUT2D eigenvalue weighted by molar-refractivity contribution is 7.09. The lowest BCUT2D eigenvalue weighted by Gasteiger charge is -2.24. The molecule has 7 heteroatoms. The first-order valence-corrected chi connectivity index (χ1v) is 7.69. The van der Waals surface area contributed by atoms with Crippen LogP contribution in [0.2, 0.25) is 0 Å². The molecule has 0 spiro atoms. The van der Waals surface area contributed by atoms with E-state index in [2.05, 4.69) is 5.32 Å². The second-order valence-electron chi connectivity index (χ2n) is 4.99. The summed E-state index contributed by atoms with van der Waals surface area (Å²) in [4.78, 5) is 23.4. The molecule has 3 atom stereocenters. The van der Waals surface area contributed by atoms with Gasteiger partial charge in [0.15, 0.2) is 6.10 Å². The second kappa shape index (κ2) is 9.01. The van der Waals surface area contributed by atoms with Crippen LogP contribution in [0.3, 0.4) is 0 Å². The topological polar surface area (TPSA) is 84.9 Å². The van der Waals surface area contributed by atoms with Crippen molar-refractivity contribution in [1.82, 2.24) is 5.32 Å². The molecule has 2 rings (SSSR count). The third-order valence-corrected chi connectivity index (χ3v) is 3.63. The van der Waals surface area contributed by atoms with E-state index in [0.717, 1.165) is 5.56 Å². The molecule has 0 saturated carbocycles. The number of carboxylic acid groups (broad SMARTS) is 1. The van der Waals surface area contributed by atoms with Crippen LogP contribution in [0, 0.1) is 0 Å². The number of hydrogen-bond acceptors (Lipinski definition) is 4. The first-order chi connectivity index (χ1) is 11.6. The number of rotatable bonds is 7. The molecular formula is C17H18NO5P. The fourth-order valence-electron chi connectivity index (χ4n) is 2.17. The summed E-state index contributed by atoms with van der Waals surface area (Å²) in [7, 11) is 1.92. The van der Waals surface area contributed by atoms with Crippen molar-refractivity contribution in [2.24, 2.45) is 0 Å². The molecular weight excluding hydrogens is 329 g/mol. The van der Waals surface area contributed by atoms with E-state index in [-0.39, 0.29) is 6.61 Å². The van der Waals surface area contributed by atoms with Gasteiger partial charge in [0.1, 0.15) is 6.61 Å². The maximum atomic E-state index is 12.1. The molecule has 0 radical (unpaired) electrons. The largest absolute Gasteiger partial charge is 0.479 e. The van der Waals surface area contributed by atoms with Gasteiger partial charge in [0, 0.05) is 9.47 Å². The number of carbonyl (C=O) groups is 2. The number of nitrogens with one attached hydrogen (secondary N) is 1. The number of hydrogen-bond donors (Lipinski definition) is 2. The smallest absolute Gasteiger partial charge is 0.408 e. The third-order valence-electron chi connectivity index (χ3n) is 3.34. The van der Waals surface area contributed by atoms with Crippen molar-refractivity contribution in [3.05, 3.63) is 71.8 Å². The van der Waals surface area contributed by atoms with Gasteiger partial charge in [-0.05, 0) is 11.1 Å². The Bertz CT molecular complexity index is 665. The lowest BCUT2D eigenvalue weighted by molar-refractivity contribution is -0.145. The molecule has 0 saturated heterocycles. The Morgan fingerprint density at radius 1 is 1.04 bits per heavy atom. The van der Waals surface area contributed by atoms with Gasteiger partial charge < -0.3 is 19.7 Å². The monoisotopic (exact) mass is 347 g/mol. The van der Waals surface area contributed by atoms with Crippen molar-refractivity contribution in [1.29, 1.82) is 0 Å². The van der Waals surface area contributed by atoms with Crippen LogP contribution in [0.1, 0.15) is 17.2 Å². The average Bonchev–Trinajstić information content (AvgIpc) is 2.61. The molecule has 0 bridgehead atoms. The van der Waals surface area contributed by atoms with Crippen molar-refractivity contribution in [3.8, 4) is 0 Å². The van der Waals surface area contributed by atoms with Crippen molar-refractivity contribution in [3.63, 3.8) is 0 Å². The molecule has 126 valence electrons. The van der Waals surface area contributed by atoms with Gasteiger partial charge in [-0.2, -0.15) is 0 Å². The van der Waals surface area contributed by atoms with E-state index in [0.29, 0.717) is 5.56 Å². The van der Waals surface area contributed by atoms with Gasteiger partial charge in [0.25, 0.3) is 0 Å². The minimum absolute atomic E-state index is 0.0909. The van der Waals surface area contributed by atoms with Crippen LogP contribution < -0.4 is 5.32 Å². The van der Waals surface area contributed by atoms with Gasteiger partial charge in [-0.1, -0.05) is 60.7 Å². The number of carboxylic acids is 1. The number of carbonyl (C=O) groups excluding carboxylic acids is 1. The normalized spacial score (nSPS) is 12.9. The highest BCUT2D eigenvalue weighted by Crippen LogP contribution is 2.21. The third kappa shape index (κ3) is 5.05. The highest BCUT2D eigenvalue weighted by atomic mass is 31.0. The van der Waals surface area contributed by atoms with Crippen molar-refractivity contribution < 1.29 is 24.0 Å². The van der Waals surface area contributed by atoms with Crippen molar-refractivity contribution >= 4 is 21.5 Å². The molecule has 0 heterocycles. The molecule has 0 aliphatic carbocycles. The van der Waals surface area contributed by atoms with Crippen LogP contribution in [0.15, 0.2) is 60.7 Å². The minimum Gasteiger partial charge on any atom is -0.479 e. The molecule has 3 unspecified atom stereocenters. The van der Waals surface area contributed by atoms with Gasteiger partial charge in [0.2, 0.25) is 0 Å². The quantitative estimate of drug-likeness (QED) is 0.752. The Hall–Kier alpha value is -2.43. The first-order valence-electron chi connectivity index (χ1n) is 7.22. The molecule has 1 amide bonds. The fraction of sp³-hybridized carbons (Fsp3) is 0.176. The molecule has 0 fully saturated rings.